The molecule has 0 saturated heterocycles. The zero-order valence-corrected chi connectivity index (χ0v) is 13.3. The Labute approximate surface area is 144 Å². The Kier molecular flexibility index (Phi) is 3.07. The van der Waals surface area contributed by atoms with Crippen LogP contribution in [-0.4, -0.2) is 19.9 Å². The molecule has 2 aromatic carbocycles. The SMILES string of the molecule is c1ccc(-c2cnc3[nH]cc(-c4ccc5nccnc5c4)c3c2)cc1. The molecule has 0 amide bonds. The molecule has 5 rings (SSSR count). The monoisotopic (exact) mass is 322 g/mol. The number of nitrogens with zero attached hydrogens (tertiary/aromatic N) is 3. The molecule has 0 aliphatic rings. The van der Waals surface area contributed by atoms with Crippen LogP contribution in [0.5, 0.6) is 0 Å². The number of H-pyrrole nitrogens is 1. The van der Waals surface area contributed by atoms with Gasteiger partial charge in [-0.3, -0.25) is 9.97 Å². The molecule has 4 heteroatoms. The van der Waals surface area contributed by atoms with Crippen molar-refractivity contribution >= 4 is 22.1 Å². The van der Waals surface area contributed by atoms with Crippen molar-refractivity contribution in [3.8, 4) is 22.3 Å². The van der Waals surface area contributed by atoms with Crippen molar-refractivity contribution in [1.82, 2.24) is 19.9 Å². The summed E-state index contributed by atoms with van der Waals surface area (Å²) in [6, 6.07) is 18.6. The van der Waals surface area contributed by atoms with E-state index in [9.17, 15) is 0 Å². The third-order valence-corrected chi connectivity index (χ3v) is 4.42. The van der Waals surface area contributed by atoms with Gasteiger partial charge in [0.05, 0.1) is 11.0 Å². The highest BCUT2D eigenvalue weighted by Gasteiger charge is 2.10. The molecule has 0 bridgehead atoms. The van der Waals surface area contributed by atoms with Crippen LogP contribution in [0.1, 0.15) is 0 Å². The number of aromatic nitrogens is 4. The predicted octanol–water partition coefficient (Wildman–Crippen LogP) is 4.84. The van der Waals surface area contributed by atoms with Crippen LogP contribution in [0.2, 0.25) is 0 Å². The Morgan fingerprint density at radius 3 is 2.40 bits per heavy atom. The fourth-order valence-corrected chi connectivity index (χ4v) is 3.16. The summed E-state index contributed by atoms with van der Waals surface area (Å²) in [5.41, 5.74) is 7.16. The first kappa shape index (κ1) is 13.9. The van der Waals surface area contributed by atoms with Gasteiger partial charge >= 0.3 is 0 Å². The van der Waals surface area contributed by atoms with E-state index in [4.69, 9.17) is 0 Å². The summed E-state index contributed by atoms with van der Waals surface area (Å²) in [5, 5.41) is 1.10. The predicted molar refractivity (Wildman–Crippen MR) is 100 cm³/mol. The van der Waals surface area contributed by atoms with Gasteiger partial charge in [0.2, 0.25) is 0 Å². The average Bonchev–Trinajstić information content (AvgIpc) is 3.11. The Morgan fingerprint density at radius 2 is 1.52 bits per heavy atom. The summed E-state index contributed by atoms with van der Waals surface area (Å²) in [7, 11) is 0. The van der Waals surface area contributed by atoms with Gasteiger partial charge in [0.15, 0.2) is 0 Å². The van der Waals surface area contributed by atoms with Crippen molar-refractivity contribution in [1.29, 1.82) is 0 Å². The van der Waals surface area contributed by atoms with E-state index in [1.807, 2.05) is 36.7 Å². The van der Waals surface area contributed by atoms with E-state index >= 15 is 0 Å². The number of benzene rings is 2. The summed E-state index contributed by atoms with van der Waals surface area (Å²) < 4.78 is 0. The van der Waals surface area contributed by atoms with Crippen molar-refractivity contribution in [3.05, 3.63) is 79.4 Å². The first-order valence-corrected chi connectivity index (χ1v) is 8.12. The first-order valence-electron chi connectivity index (χ1n) is 8.12. The lowest BCUT2D eigenvalue weighted by molar-refractivity contribution is 1.29. The number of pyridine rings is 1. The number of fused-ring (bicyclic) bond motifs is 2. The lowest BCUT2D eigenvalue weighted by Gasteiger charge is -2.04. The molecule has 4 nitrogen and oxygen atoms in total. The molecule has 0 saturated carbocycles. The average molecular weight is 322 g/mol. The fourth-order valence-electron chi connectivity index (χ4n) is 3.16. The van der Waals surface area contributed by atoms with Gasteiger partial charge in [-0.1, -0.05) is 36.4 Å². The Morgan fingerprint density at radius 1 is 0.680 bits per heavy atom. The number of rotatable bonds is 2. The minimum absolute atomic E-state index is 0.883. The third kappa shape index (κ3) is 2.35. The zero-order chi connectivity index (χ0) is 16.6. The molecule has 0 spiro atoms. The van der Waals surface area contributed by atoms with Crippen LogP contribution in [0.4, 0.5) is 0 Å². The third-order valence-electron chi connectivity index (χ3n) is 4.42. The number of hydrogen-bond donors (Lipinski definition) is 1. The maximum absolute atomic E-state index is 4.58. The standard InChI is InChI=1S/C21H14N4/c1-2-4-14(5-3-1)16-10-17-18(13-25-21(17)24-12-16)15-6-7-19-20(11-15)23-9-8-22-19/h1-13H,(H,24,25). The Balaban J connectivity index is 1.70. The summed E-state index contributed by atoms with van der Waals surface area (Å²) in [6.07, 6.45) is 7.34. The summed E-state index contributed by atoms with van der Waals surface area (Å²) in [5.74, 6) is 0. The van der Waals surface area contributed by atoms with Crippen molar-refractivity contribution in [2.75, 3.05) is 0 Å². The van der Waals surface area contributed by atoms with Crippen LogP contribution in [0, 0.1) is 0 Å². The van der Waals surface area contributed by atoms with Crippen molar-refractivity contribution in [3.63, 3.8) is 0 Å². The van der Waals surface area contributed by atoms with Gasteiger partial charge in [-0.05, 0) is 29.3 Å². The van der Waals surface area contributed by atoms with Crippen LogP contribution in [-0.2, 0) is 0 Å². The van der Waals surface area contributed by atoms with Gasteiger partial charge in [0.25, 0.3) is 0 Å². The maximum Gasteiger partial charge on any atom is 0.137 e. The zero-order valence-electron chi connectivity index (χ0n) is 13.3. The smallest absolute Gasteiger partial charge is 0.137 e. The minimum Gasteiger partial charge on any atom is -0.346 e. The highest BCUT2D eigenvalue weighted by atomic mass is 14.8. The second kappa shape index (κ2) is 5.53. The highest BCUT2D eigenvalue weighted by Crippen LogP contribution is 2.31. The molecule has 1 N–H and O–H groups in total. The highest BCUT2D eigenvalue weighted by molar-refractivity contribution is 5.97. The number of aromatic amines is 1. The van der Waals surface area contributed by atoms with E-state index in [0.29, 0.717) is 0 Å². The van der Waals surface area contributed by atoms with Crippen molar-refractivity contribution in [2.45, 2.75) is 0 Å². The van der Waals surface area contributed by atoms with Crippen LogP contribution in [0.15, 0.2) is 79.4 Å². The van der Waals surface area contributed by atoms with Crippen LogP contribution < -0.4 is 0 Å². The van der Waals surface area contributed by atoms with Crippen molar-refractivity contribution in [2.24, 2.45) is 0 Å². The molecule has 3 aromatic heterocycles. The molecule has 118 valence electrons. The van der Waals surface area contributed by atoms with E-state index in [1.54, 1.807) is 12.4 Å². The quantitative estimate of drug-likeness (QED) is 0.506. The number of nitrogens with one attached hydrogen (secondary N) is 1. The largest absolute Gasteiger partial charge is 0.346 e. The molecule has 0 aliphatic carbocycles. The molecule has 25 heavy (non-hydrogen) atoms. The van der Waals surface area contributed by atoms with Crippen molar-refractivity contribution < 1.29 is 0 Å². The topological polar surface area (TPSA) is 54.5 Å². The molecule has 5 aromatic rings. The second-order valence-corrected chi connectivity index (χ2v) is 5.95. The maximum atomic E-state index is 4.58. The van der Waals surface area contributed by atoms with Crippen LogP contribution in [0.3, 0.4) is 0 Å². The molecular formula is C21H14N4. The minimum atomic E-state index is 0.883. The van der Waals surface area contributed by atoms with Gasteiger partial charge in [-0.15, -0.1) is 0 Å². The van der Waals surface area contributed by atoms with Gasteiger partial charge in [0.1, 0.15) is 5.65 Å². The van der Waals surface area contributed by atoms with Gasteiger partial charge in [0, 0.05) is 41.3 Å². The molecule has 0 unspecified atom stereocenters. The molecule has 0 radical (unpaired) electrons. The molecule has 3 heterocycles. The van der Waals surface area contributed by atoms with Gasteiger partial charge in [-0.2, -0.15) is 0 Å². The normalized spacial score (nSPS) is 11.2. The van der Waals surface area contributed by atoms with E-state index < -0.39 is 0 Å². The van der Waals surface area contributed by atoms with E-state index in [-0.39, 0.29) is 0 Å². The molecular weight excluding hydrogens is 308 g/mol. The van der Waals surface area contributed by atoms with Gasteiger partial charge in [-0.25, -0.2) is 4.98 Å². The Hall–Kier alpha value is -3.53. The molecule has 0 aliphatic heterocycles. The molecule has 0 atom stereocenters. The van der Waals surface area contributed by atoms with Crippen LogP contribution >= 0.6 is 0 Å². The fraction of sp³-hybridized carbons (Fsp3) is 0. The van der Waals surface area contributed by atoms with E-state index in [2.05, 4.69) is 50.3 Å². The summed E-state index contributed by atoms with van der Waals surface area (Å²) in [6.45, 7) is 0. The summed E-state index contributed by atoms with van der Waals surface area (Å²) in [4.78, 5) is 16.6. The van der Waals surface area contributed by atoms with E-state index in [1.165, 1.54) is 0 Å². The number of hydrogen-bond acceptors (Lipinski definition) is 3. The van der Waals surface area contributed by atoms with E-state index in [0.717, 1.165) is 44.3 Å². The molecule has 0 fully saturated rings. The second-order valence-electron chi connectivity index (χ2n) is 5.95. The lowest BCUT2D eigenvalue weighted by atomic mass is 10.0. The lowest BCUT2D eigenvalue weighted by Crippen LogP contribution is -1.84. The Bertz CT molecular complexity index is 1190. The summed E-state index contributed by atoms with van der Waals surface area (Å²) >= 11 is 0. The first-order chi connectivity index (χ1) is 12.4. The van der Waals surface area contributed by atoms with Gasteiger partial charge < -0.3 is 4.98 Å². The van der Waals surface area contributed by atoms with Crippen LogP contribution in [0.25, 0.3) is 44.3 Å².